The first-order valence-corrected chi connectivity index (χ1v) is 8.83. The largest absolute Gasteiger partial charge is 0.617 e. The van der Waals surface area contributed by atoms with Gasteiger partial charge in [0, 0.05) is 5.56 Å². The van der Waals surface area contributed by atoms with E-state index in [1.165, 1.54) is 0 Å². The highest BCUT2D eigenvalue weighted by Crippen LogP contribution is 2.40. The highest BCUT2D eigenvalue weighted by Gasteiger charge is 2.26. The molecule has 2 nitrogen and oxygen atoms in total. The molecule has 20 heavy (non-hydrogen) atoms. The number of phenolic OH excluding ortho intramolecular Hbond substituents is 1. The third kappa shape index (κ3) is 5.76. The van der Waals surface area contributed by atoms with Crippen molar-refractivity contribution in [2.24, 2.45) is 0 Å². The quantitative estimate of drug-likeness (QED) is 0.726. The molecule has 0 heterocycles. The molecule has 0 saturated heterocycles. The van der Waals surface area contributed by atoms with E-state index < -0.39 is 11.2 Å². The summed E-state index contributed by atoms with van der Waals surface area (Å²) in [5, 5.41) is 10.4. The van der Waals surface area contributed by atoms with Gasteiger partial charge in [0.05, 0.1) is 12.5 Å². The molecule has 0 aromatic heterocycles. The van der Waals surface area contributed by atoms with Crippen LogP contribution in [0.3, 0.4) is 0 Å². The van der Waals surface area contributed by atoms with Gasteiger partial charge < -0.3 is 9.66 Å². The summed E-state index contributed by atoms with van der Waals surface area (Å²) < 4.78 is 9.56. The van der Waals surface area contributed by atoms with Crippen LogP contribution in [0, 0.1) is 6.92 Å². The fourth-order valence-electron chi connectivity index (χ4n) is 2.24. The summed E-state index contributed by atoms with van der Waals surface area (Å²) in [7, 11) is 0. The minimum Gasteiger partial charge on any atom is -0.617 e. The van der Waals surface area contributed by atoms with Gasteiger partial charge in [0.15, 0.2) is 0 Å². The zero-order valence-corrected chi connectivity index (χ0v) is 15.2. The van der Waals surface area contributed by atoms with E-state index in [1.54, 1.807) is 12.5 Å². The number of hydrogen-bond acceptors (Lipinski definition) is 2. The van der Waals surface area contributed by atoms with Crippen LogP contribution in [0.15, 0.2) is 12.1 Å². The van der Waals surface area contributed by atoms with Crippen molar-refractivity contribution >= 4 is 11.2 Å². The van der Waals surface area contributed by atoms with Crippen molar-refractivity contribution < 1.29 is 9.66 Å². The van der Waals surface area contributed by atoms with Gasteiger partial charge in [0.1, 0.15) is 5.75 Å². The molecule has 0 aliphatic rings. The molecule has 3 heteroatoms. The first-order valence-electron chi connectivity index (χ1n) is 6.87. The van der Waals surface area contributed by atoms with Crippen molar-refractivity contribution in [1.29, 1.82) is 0 Å². The Bertz CT molecular complexity index is 435. The van der Waals surface area contributed by atoms with Crippen LogP contribution in [0.25, 0.3) is 0 Å². The Hall–Kier alpha value is -0.670. The summed E-state index contributed by atoms with van der Waals surface area (Å²) in [5.74, 6) is 0.472. The maximum absolute atomic E-state index is 10.4. The van der Waals surface area contributed by atoms with Gasteiger partial charge in [0.25, 0.3) is 0 Å². The van der Waals surface area contributed by atoms with Crippen molar-refractivity contribution in [3.63, 3.8) is 0 Å². The van der Waals surface area contributed by atoms with Gasteiger partial charge in [-0.2, -0.15) is 0 Å². The van der Waals surface area contributed by atoms with Gasteiger partial charge in [-0.3, -0.25) is 0 Å². The summed E-state index contributed by atoms with van der Waals surface area (Å²) in [6.45, 7) is 14.9. The molecule has 0 bridgehead atoms. The number of aromatic hydroxyl groups is 1. The molecule has 0 fully saturated rings. The summed E-state index contributed by atoms with van der Waals surface area (Å²) in [6, 6.07) is 4.15. The van der Waals surface area contributed by atoms with Gasteiger partial charge in [-0.25, -0.2) is 0 Å². The van der Waals surface area contributed by atoms with Gasteiger partial charge in [-0.15, -0.1) is 0 Å². The lowest BCUT2D eigenvalue weighted by Crippen LogP contribution is -2.18. The van der Waals surface area contributed by atoms with Crippen molar-refractivity contribution in [2.45, 2.75) is 59.3 Å². The molecule has 1 aromatic rings. The lowest BCUT2D eigenvalue weighted by Gasteiger charge is -2.28. The van der Waals surface area contributed by atoms with Crippen molar-refractivity contribution in [1.82, 2.24) is 0 Å². The number of benzene rings is 1. The van der Waals surface area contributed by atoms with Crippen molar-refractivity contribution in [3.8, 4) is 5.75 Å². The predicted molar refractivity (Wildman–Crippen MR) is 90.2 cm³/mol. The third-order valence-corrected chi connectivity index (χ3v) is 2.94. The van der Waals surface area contributed by atoms with E-state index in [0.717, 1.165) is 16.7 Å². The monoisotopic (exact) mass is 298 g/mol. The molecular formula is C17H30O2S. The maximum Gasteiger partial charge on any atom is 0.123 e. The second-order valence-corrected chi connectivity index (χ2v) is 8.88. The van der Waals surface area contributed by atoms with E-state index in [4.69, 9.17) is 0 Å². The molecule has 1 N–H and O–H groups in total. The van der Waals surface area contributed by atoms with Crippen LogP contribution in [0.5, 0.6) is 5.75 Å². The summed E-state index contributed by atoms with van der Waals surface area (Å²) in [4.78, 5) is 0. The molecule has 0 aliphatic heterocycles. The van der Waals surface area contributed by atoms with E-state index >= 15 is 0 Å². The summed E-state index contributed by atoms with van der Waals surface area (Å²) >= 11 is -0.611. The zero-order valence-electron chi connectivity index (χ0n) is 14.4. The Kier molecular flexibility index (Phi) is 6.63. The van der Waals surface area contributed by atoms with E-state index in [9.17, 15) is 9.66 Å². The topological polar surface area (TPSA) is 43.3 Å². The molecule has 0 saturated carbocycles. The molecule has 1 rings (SSSR count). The predicted octanol–water partition coefficient (Wildman–Crippen LogP) is 4.29. The van der Waals surface area contributed by atoms with Gasteiger partial charge in [0.2, 0.25) is 0 Å². The van der Waals surface area contributed by atoms with Crippen LogP contribution in [0.2, 0.25) is 0 Å². The van der Waals surface area contributed by atoms with Crippen LogP contribution in [0.1, 0.15) is 58.2 Å². The van der Waals surface area contributed by atoms with E-state index in [1.807, 2.05) is 6.07 Å². The Morgan fingerprint density at radius 1 is 0.950 bits per heavy atom. The second kappa shape index (κ2) is 6.86. The average Bonchev–Trinajstić information content (AvgIpc) is 2.11. The smallest absolute Gasteiger partial charge is 0.123 e. The maximum atomic E-state index is 10.4. The van der Waals surface area contributed by atoms with Gasteiger partial charge >= 0.3 is 0 Å². The number of hydrogen-bond donors (Lipinski definition) is 1. The first-order chi connectivity index (χ1) is 8.78. The van der Waals surface area contributed by atoms with Crippen LogP contribution < -0.4 is 0 Å². The summed E-state index contributed by atoms with van der Waals surface area (Å²) in [5.41, 5.74) is 3.23. The number of phenols is 1. The molecular weight excluding hydrogens is 268 g/mol. The fourth-order valence-corrected chi connectivity index (χ4v) is 2.24. The molecule has 0 radical (unpaired) electrons. The number of rotatable bonds is 0. The van der Waals surface area contributed by atoms with Gasteiger partial charge in [-0.05, 0) is 28.9 Å². The van der Waals surface area contributed by atoms with E-state index in [-0.39, 0.29) is 10.8 Å². The minimum atomic E-state index is -0.611. The Morgan fingerprint density at radius 2 is 1.35 bits per heavy atom. The van der Waals surface area contributed by atoms with Crippen LogP contribution >= 0.6 is 0 Å². The SMILES string of the molecule is C[S+](C)[O-].Cc1ccc(C(C)(C)C)c(O)c1C(C)(C)C. The van der Waals surface area contributed by atoms with Gasteiger partial charge in [-0.1, -0.05) is 64.9 Å². The normalized spacial score (nSPS) is 12.2. The van der Waals surface area contributed by atoms with Crippen LogP contribution in [0.4, 0.5) is 0 Å². The first kappa shape index (κ1) is 19.3. The number of aryl methyl sites for hydroxylation is 1. The molecule has 0 unspecified atom stereocenters. The van der Waals surface area contributed by atoms with Crippen LogP contribution in [-0.4, -0.2) is 22.2 Å². The Balaban J connectivity index is 0.000000796. The lowest BCUT2D eigenvalue weighted by molar-refractivity contribution is 0.422. The second-order valence-electron chi connectivity index (χ2n) is 7.40. The highest BCUT2D eigenvalue weighted by atomic mass is 32.2. The minimum absolute atomic E-state index is 0.0161. The molecule has 0 amide bonds. The molecule has 0 aliphatic carbocycles. The third-order valence-electron chi connectivity index (χ3n) is 2.94. The highest BCUT2D eigenvalue weighted by molar-refractivity contribution is 7.89. The Labute approximate surface area is 127 Å². The standard InChI is InChI=1S/C15H24O.C2H6OS/c1-10-8-9-11(14(2,3)4)13(16)12(10)15(5,6)7;1-4(2)3/h8-9,16H,1-7H3;1-2H3. The van der Waals surface area contributed by atoms with E-state index in [2.05, 4.69) is 54.5 Å². The van der Waals surface area contributed by atoms with Crippen molar-refractivity contribution in [2.75, 3.05) is 12.5 Å². The van der Waals surface area contributed by atoms with Crippen LogP contribution in [-0.2, 0) is 22.0 Å². The lowest BCUT2D eigenvalue weighted by atomic mass is 9.77. The average molecular weight is 298 g/mol. The summed E-state index contributed by atoms with van der Waals surface area (Å²) in [6.07, 6.45) is 3.28. The Morgan fingerprint density at radius 3 is 1.65 bits per heavy atom. The molecule has 0 spiro atoms. The zero-order chi connectivity index (χ0) is 16.3. The molecule has 0 atom stereocenters. The molecule has 116 valence electrons. The van der Waals surface area contributed by atoms with E-state index in [0.29, 0.717) is 5.75 Å². The van der Waals surface area contributed by atoms with Crippen molar-refractivity contribution in [3.05, 3.63) is 28.8 Å². The fraction of sp³-hybridized carbons (Fsp3) is 0.647. The molecule has 1 aromatic carbocycles.